The second-order valence-electron chi connectivity index (χ2n) is 5.09. The Morgan fingerprint density at radius 3 is 2.74 bits per heavy atom. The predicted molar refractivity (Wildman–Crippen MR) is 74.3 cm³/mol. The van der Waals surface area contributed by atoms with Gasteiger partial charge >= 0.3 is 6.16 Å². The maximum Gasteiger partial charge on any atom is 0.507 e. The summed E-state index contributed by atoms with van der Waals surface area (Å²) in [7, 11) is 1.33. The van der Waals surface area contributed by atoms with Crippen LogP contribution in [0.2, 0.25) is 0 Å². The molecule has 0 aromatic heterocycles. The summed E-state index contributed by atoms with van der Waals surface area (Å²) in [5.74, 6) is 0.734. The molecule has 0 spiro atoms. The summed E-state index contributed by atoms with van der Waals surface area (Å²) in [5.41, 5.74) is 2.90. The van der Waals surface area contributed by atoms with Crippen molar-refractivity contribution in [2.75, 3.05) is 13.7 Å². The molecule has 1 aliphatic carbocycles. The van der Waals surface area contributed by atoms with Crippen molar-refractivity contribution in [3.05, 3.63) is 35.4 Å². The molecule has 0 N–H and O–H groups in total. The molecule has 0 atom stereocenters. The Morgan fingerprint density at radius 1 is 1.26 bits per heavy atom. The summed E-state index contributed by atoms with van der Waals surface area (Å²) < 4.78 is 9.36. The fourth-order valence-corrected chi connectivity index (χ4v) is 2.87. The summed E-state index contributed by atoms with van der Waals surface area (Å²) in [5, 5.41) is 0. The normalized spacial score (nSPS) is 15.4. The van der Waals surface area contributed by atoms with Gasteiger partial charge in [-0.3, -0.25) is 0 Å². The molecule has 19 heavy (non-hydrogen) atoms. The molecule has 0 unspecified atom stereocenters. The van der Waals surface area contributed by atoms with Crippen LogP contribution in [-0.4, -0.2) is 19.9 Å². The zero-order chi connectivity index (χ0) is 13.5. The van der Waals surface area contributed by atoms with Crippen molar-refractivity contribution in [2.45, 2.75) is 44.4 Å². The average Bonchev–Trinajstić information content (AvgIpc) is 2.97. The third-order valence-electron chi connectivity index (χ3n) is 3.83. The number of hydrogen-bond donors (Lipinski definition) is 0. The number of ether oxygens (including phenoxy) is 2. The van der Waals surface area contributed by atoms with Crippen LogP contribution in [0.1, 0.15) is 49.1 Å². The Kier molecular flexibility index (Phi) is 5.25. The molecule has 0 saturated heterocycles. The van der Waals surface area contributed by atoms with Gasteiger partial charge in [-0.05, 0) is 42.7 Å². The van der Waals surface area contributed by atoms with E-state index < -0.39 is 6.16 Å². The summed E-state index contributed by atoms with van der Waals surface area (Å²) in [6.07, 6.45) is 6.55. The van der Waals surface area contributed by atoms with Crippen molar-refractivity contribution in [1.29, 1.82) is 0 Å². The van der Waals surface area contributed by atoms with Crippen LogP contribution in [-0.2, 0) is 15.9 Å². The Bertz CT molecular complexity index is 408. The Labute approximate surface area is 114 Å². The van der Waals surface area contributed by atoms with Gasteiger partial charge < -0.3 is 9.47 Å². The molecule has 3 heteroatoms. The van der Waals surface area contributed by atoms with E-state index in [1.165, 1.54) is 43.9 Å². The van der Waals surface area contributed by atoms with E-state index in [0.29, 0.717) is 6.61 Å². The third kappa shape index (κ3) is 3.98. The van der Waals surface area contributed by atoms with Gasteiger partial charge in [0.25, 0.3) is 0 Å². The number of rotatable bonds is 5. The average molecular weight is 262 g/mol. The van der Waals surface area contributed by atoms with Crippen LogP contribution in [0.25, 0.3) is 0 Å². The van der Waals surface area contributed by atoms with Crippen LogP contribution < -0.4 is 0 Å². The van der Waals surface area contributed by atoms with Gasteiger partial charge in [0.1, 0.15) is 0 Å². The molecule has 0 bridgehead atoms. The highest BCUT2D eigenvalue weighted by molar-refractivity contribution is 5.59. The maximum atomic E-state index is 10.9. The van der Waals surface area contributed by atoms with Gasteiger partial charge in [-0.1, -0.05) is 37.1 Å². The lowest BCUT2D eigenvalue weighted by atomic mass is 9.91. The first-order valence-electron chi connectivity index (χ1n) is 7.10. The Balaban J connectivity index is 1.87. The molecule has 1 aromatic carbocycles. The van der Waals surface area contributed by atoms with Crippen LogP contribution in [0.4, 0.5) is 4.79 Å². The summed E-state index contributed by atoms with van der Waals surface area (Å²) >= 11 is 0. The summed E-state index contributed by atoms with van der Waals surface area (Å²) in [6, 6.07) is 8.68. The second kappa shape index (κ2) is 7.17. The van der Waals surface area contributed by atoms with Crippen molar-refractivity contribution in [3.63, 3.8) is 0 Å². The van der Waals surface area contributed by atoms with Crippen molar-refractivity contribution in [3.8, 4) is 0 Å². The van der Waals surface area contributed by atoms with E-state index in [2.05, 4.69) is 29.0 Å². The van der Waals surface area contributed by atoms with Gasteiger partial charge in [-0.15, -0.1) is 0 Å². The quantitative estimate of drug-likeness (QED) is 0.593. The molecule has 104 valence electrons. The van der Waals surface area contributed by atoms with E-state index in [1.54, 1.807) is 0 Å². The van der Waals surface area contributed by atoms with Crippen molar-refractivity contribution >= 4 is 6.16 Å². The Morgan fingerprint density at radius 2 is 2.00 bits per heavy atom. The summed E-state index contributed by atoms with van der Waals surface area (Å²) in [6.45, 7) is 0.422. The van der Waals surface area contributed by atoms with Crippen molar-refractivity contribution < 1.29 is 14.3 Å². The number of methoxy groups -OCH3 is 1. The fraction of sp³-hybridized carbons (Fsp3) is 0.562. The lowest BCUT2D eigenvalue weighted by molar-refractivity contribution is 0.0719. The SMILES string of the molecule is COC(=O)OCCCc1ccccc1C1CCCC1. The number of benzene rings is 1. The molecular formula is C16H22O3. The first kappa shape index (κ1) is 13.9. The molecule has 2 rings (SSSR count). The standard InChI is InChI=1S/C16H22O3/c1-18-16(17)19-12-6-10-14-9-4-5-11-15(14)13-7-2-3-8-13/h4-5,9,11,13H,2-3,6-8,10,12H2,1H3. The van der Waals surface area contributed by atoms with Gasteiger partial charge in [0.15, 0.2) is 0 Å². The highest BCUT2D eigenvalue weighted by atomic mass is 16.7. The molecule has 1 fully saturated rings. The van der Waals surface area contributed by atoms with E-state index >= 15 is 0 Å². The molecule has 0 heterocycles. The molecule has 1 saturated carbocycles. The second-order valence-corrected chi connectivity index (χ2v) is 5.09. The van der Waals surface area contributed by atoms with Gasteiger partial charge in [0.05, 0.1) is 13.7 Å². The number of carbonyl (C=O) groups excluding carboxylic acids is 1. The van der Waals surface area contributed by atoms with E-state index in [1.807, 2.05) is 0 Å². The van der Waals surface area contributed by atoms with Crippen LogP contribution in [0.5, 0.6) is 0 Å². The highest BCUT2D eigenvalue weighted by Gasteiger charge is 2.19. The van der Waals surface area contributed by atoms with Crippen LogP contribution in [0, 0.1) is 0 Å². The van der Waals surface area contributed by atoms with E-state index in [0.717, 1.165) is 18.8 Å². The minimum absolute atomic E-state index is 0.422. The predicted octanol–water partition coefficient (Wildman–Crippen LogP) is 4.06. The van der Waals surface area contributed by atoms with Gasteiger partial charge in [-0.25, -0.2) is 4.79 Å². The van der Waals surface area contributed by atoms with Gasteiger partial charge in [0.2, 0.25) is 0 Å². The van der Waals surface area contributed by atoms with Crippen LogP contribution in [0.3, 0.4) is 0 Å². The number of carbonyl (C=O) groups is 1. The lowest BCUT2D eigenvalue weighted by Crippen LogP contribution is -2.07. The van der Waals surface area contributed by atoms with Crippen molar-refractivity contribution in [2.24, 2.45) is 0 Å². The van der Waals surface area contributed by atoms with Crippen LogP contribution in [0.15, 0.2) is 24.3 Å². The largest absolute Gasteiger partial charge is 0.507 e. The fourth-order valence-electron chi connectivity index (χ4n) is 2.87. The van der Waals surface area contributed by atoms with Crippen molar-refractivity contribution in [1.82, 2.24) is 0 Å². The summed E-state index contributed by atoms with van der Waals surface area (Å²) in [4.78, 5) is 10.9. The number of aryl methyl sites for hydroxylation is 1. The van der Waals surface area contributed by atoms with E-state index in [-0.39, 0.29) is 0 Å². The molecule has 1 aromatic rings. The minimum atomic E-state index is -0.593. The molecule has 0 radical (unpaired) electrons. The lowest BCUT2D eigenvalue weighted by Gasteiger charge is -2.15. The first-order valence-corrected chi connectivity index (χ1v) is 7.10. The molecule has 0 amide bonds. The smallest absolute Gasteiger partial charge is 0.438 e. The minimum Gasteiger partial charge on any atom is -0.438 e. The van der Waals surface area contributed by atoms with E-state index in [9.17, 15) is 4.79 Å². The van der Waals surface area contributed by atoms with Crippen LogP contribution >= 0.6 is 0 Å². The topological polar surface area (TPSA) is 35.5 Å². The molecule has 3 nitrogen and oxygen atoms in total. The molecular weight excluding hydrogens is 240 g/mol. The molecule has 0 aliphatic heterocycles. The van der Waals surface area contributed by atoms with Gasteiger partial charge in [-0.2, -0.15) is 0 Å². The monoisotopic (exact) mass is 262 g/mol. The zero-order valence-corrected chi connectivity index (χ0v) is 11.6. The number of hydrogen-bond acceptors (Lipinski definition) is 3. The van der Waals surface area contributed by atoms with E-state index in [4.69, 9.17) is 4.74 Å². The third-order valence-corrected chi connectivity index (χ3v) is 3.83. The highest BCUT2D eigenvalue weighted by Crippen LogP contribution is 2.35. The first-order chi connectivity index (χ1) is 9.31. The molecule has 1 aliphatic rings. The zero-order valence-electron chi connectivity index (χ0n) is 11.6. The Hall–Kier alpha value is -1.51. The maximum absolute atomic E-state index is 10.9. The van der Waals surface area contributed by atoms with Gasteiger partial charge in [0, 0.05) is 0 Å².